The molecule has 1 unspecified atom stereocenters. The summed E-state index contributed by atoms with van der Waals surface area (Å²) in [6.45, 7) is 4.09. The maximum Gasteiger partial charge on any atom is 0.348 e. The zero-order chi connectivity index (χ0) is 21.7. The predicted octanol–water partition coefficient (Wildman–Crippen LogP) is 6.07. The second kappa shape index (κ2) is 10.4. The molecule has 1 N–H and O–H groups in total. The Labute approximate surface area is 183 Å². The van der Waals surface area contributed by atoms with Gasteiger partial charge in [-0.3, -0.25) is 9.59 Å². The molecular formula is C24H33NO4S. The quantitative estimate of drug-likeness (QED) is 0.542. The van der Waals surface area contributed by atoms with E-state index in [9.17, 15) is 19.5 Å². The summed E-state index contributed by atoms with van der Waals surface area (Å²) < 4.78 is 0. The fraction of sp³-hybridized carbons (Fsp3) is 0.625. The Bertz CT molecular complexity index is 815. The Morgan fingerprint density at radius 3 is 2.50 bits per heavy atom. The van der Waals surface area contributed by atoms with E-state index >= 15 is 0 Å². The molecule has 2 aliphatic rings. The molecule has 1 heterocycles. The molecule has 0 aromatic carbocycles. The van der Waals surface area contributed by atoms with Gasteiger partial charge in [-0.15, -0.1) is 11.3 Å². The number of carboxylic acid groups (broad SMARTS) is 1. The van der Waals surface area contributed by atoms with Crippen molar-refractivity contribution in [3.8, 4) is 0 Å². The summed E-state index contributed by atoms with van der Waals surface area (Å²) in [4.78, 5) is 40.6. The zero-order valence-corrected chi connectivity index (χ0v) is 18.9. The Balaban J connectivity index is 2.04. The Morgan fingerprint density at radius 2 is 1.93 bits per heavy atom. The lowest BCUT2D eigenvalue weighted by molar-refractivity contribution is -0.125. The first kappa shape index (κ1) is 22.7. The van der Waals surface area contributed by atoms with E-state index in [1.54, 1.807) is 4.90 Å². The predicted molar refractivity (Wildman–Crippen MR) is 121 cm³/mol. The van der Waals surface area contributed by atoms with Gasteiger partial charge < -0.3 is 10.0 Å². The molecule has 3 rings (SSSR count). The number of ketones is 1. The maximum absolute atomic E-state index is 13.6. The summed E-state index contributed by atoms with van der Waals surface area (Å²) in [6, 6.07) is 1.82. The van der Waals surface area contributed by atoms with Gasteiger partial charge in [-0.1, -0.05) is 26.3 Å². The Kier molecular flexibility index (Phi) is 7.87. The number of aromatic carboxylic acids is 1. The van der Waals surface area contributed by atoms with Crippen molar-refractivity contribution < 1.29 is 19.5 Å². The van der Waals surface area contributed by atoms with Gasteiger partial charge in [0.05, 0.1) is 5.69 Å². The molecule has 0 bridgehead atoms. The number of hydrogen-bond donors (Lipinski definition) is 1. The molecule has 6 heteroatoms. The van der Waals surface area contributed by atoms with E-state index in [0.29, 0.717) is 31.4 Å². The van der Waals surface area contributed by atoms with Crippen LogP contribution in [0, 0.1) is 5.92 Å². The molecule has 1 amide bonds. The SMILES string of the molecule is CCCC(CC)C(=O)N(c1cc(C2=CCCCC2)sc1C(=O)O)C1CCC(=O)CC1. The van der Waals surface area contributed by atoms with E-state index in [-0.39, 0.29) is 28.5 Å². The van der Waals surface area contributed by atoms with E-state index in [2.05, 4.69) is 13.0 Å². The molecule has 0 spiro atoms. The lowest BCUT2D eigenvalue weighted by Crippen LogP contribution is -2.46. The summed E-state index contributed by atoms with van der Waals surface area (Å²) in [5.41, 5.74) is 1.74. The van der Waals surface area contributed by atoms with Gasteiger partial charge in [-0.25, -0.2) is 4.79 Å². The third-order valence-corrected chi connectivity index (χ3v) is 7.56. The van der Waals surface area contributed by atoms with Crippen LogP contribution in [-0.2, 0) is 9.59 Å². The van der Waals surface area contributed by atoms with Gasteiger partial charge >= 0.3 is 5.97 Å². The number of carbonyl (C=O) groups is 3. The minimum absolute atomic E-state index is 0.0168. The number of anilines is 1. The molecule has 164 valence electrons. The smallest absolute Gasteiger partial charge is 0.348 e. The Morgan fingerprint density at radius 1 is 1.20 bits per heavy atom. The van der Waals surface area contributed by atoms with Crippen molar-refractivity contribution >= 4 is 40.3 Å². The van der Waals surface area contributed by atoms with E-state index in [0.717, 1.165) is 43.4 Å². The molecule has 5 nitrogen and oxygen atoms in total. The number of Topliss-reactive ketones (excluding diaryl/α,β-unsaturated/α-hetero) is 1. The third-order valence-electron chi connectivity index (χ3n) is 6.37. The first-order chi connectivity index (χ1) is 14.5. The topological polar surface area (TPSA) is 74.7 Å². The van der Waals surface area contributed by atoms with E-state index in [4.69, 9.17) is 0 Å². The van der Waals surface area contributed by atoms with Crippen LogP contribution in [0.4, 0.5) is 5.69 Å². The molecule has 1 aromatic rings. The van der Waals surface area contributed by atoms with Crippen molar-refractivity contribution in [2.75, 3.05) is 4.90 Å². The van der Waals surface area contributed by atoms with Crippen LogP contribution in [0.1, 0.15) is 99.0 Å². The summed E-state index contributed by atoms with van der Waals surface area (Å²) in [5, 5.41) is 9.95. The van der Waals surface area contributed by atoms with Crippen LogP contribution >= 0.6 is 11.3 Å². The van der Waals surface area contributed by atoms with Gasteiger partial charge in [0.2, 0.25) is 5.91 Å². The third kappa shape index (κ3) is 5.02. The summed E-state index contributed by atoms with van der Waals surface area (Å²) in [7, 11) is 0. The molecule has 2 aliphatic carbocycles. The van der Waals surface area contributed by atoms with Gasteiger partial charge in [0.25, 0.3) is 0 Å². The highest BCUT2D eigenvalue weighted by atomic mass is 32.1. The second-order valence-electron chi connectivity index (χ2n) is 8.48. The van der Waals surface area contributed by atoms with Crippen molar-refractivity contribution in [2.45, 2.75) is 90.5 Å². The first-order valence-corrected chi connectivity index (χ1v) is 12.2. The number of carbonyl (C=O) groups excluding carboxylic acids is 2. The molecule has 1 atom stereocenters. The molecule has 0 radical (unpaired) electrons. The van der Waals surface area contributed by atoms with Gasteiger partial charge in [0.15, 0.2) is 0 Å². The Hall–Kier alpha value is -1.95. The van der Waals surface area contributed by atoms with Crippen molar-refractivity contribution in [3.05, 3.63) is 21.9 Å². The molecule has 30 heavy (non-hydrogen) atoms. The highest BCUT2D eigenvalue weighted by Crippen LogP contribution is 2.40. The van der Waals surface area contributed by atoms with E-state index in [1.165, 1.54) is 23.3 Å². The number of hydrogen-bond acceptors (Lipinski definition) is 4. The summed E-state index contributed by atoms with van der Waals surface area (Å²) >= 11 is 1.29. The van der Waals surface area contributed by atoms with Crippen molar-refractivity contribution in [3.63, 3.8) is 0 Å². The maximum atomic E-state index is 13.6. The average Bonchev–Trinajstić information content (AvgIpc) is 3.19. The van der Waals surface area contributed by atoms with Crippen molar-refractivity contribution in [1.29, 1.82) is 0 Å². The normalized spacial score (nSPS) is 18.7. The molecular weight excluding hydrogens is 398 g/mol. The summed E-state index contributed by atoms with van der Waals surface area (Å²) in [5.74, 6) is -0.850. The summed E-state index contributed by atoms with van der Waals surface area (Å²) in [6.07, 6.45) is 11.1. The van der Waals surface area contributed by atoms with Crippen molar-refractivity contribution in [1.82, 2.24) is 0 Å². The van der Waals surface area contributed by atoms with Crippen LogP contribution in [0.15, 0.2) is 12.1 Å². The average molecular weight is 432 g/mol. The van der Waals surface area contributed by atoms with Crippen molar-refractivity contribution in [2.24, 2.45) is 5.92 Å². The first-order valence-electron chi connectivity index (χ1n) is 11.4. The molecule has 0 saturated heterocycles. The number of thiophene rings is 1. The largest absolute Gasteiger partial charge is 0.477 e. The van der Waals surface area contributed by atoms with Crippen LogP contribution in [0.25, 0.3) is 5.57 Å². The van der Waals surface area contributed by atoms with Gasteiger partial charge in [0.1, 0.15) is 10.7 Å². The molecule has 1 saturated carbocycles. The lowest BCUT2D eigenvalue weighted by Gasteiger charge is -2.36. The minimum atomic E-state index is -0.981. The second-order valence-corrected chi connectivity index (χ2v) is 9.53. The van der Waals surface area contributed by atoms with Crippen LogP contribution in [0.3, 0.4) is 0 Å². The molecule has 1 fully saturated rings. The highest BCUT2D eigenvalue weighted by Gasteiger charge is 2.35. The zero-order valence-electron chi connectivity index (χ0n) is 18.1. The van der Waals surface area contributed by atoms with E-state index in [1.807, 2.05) is 13.0 Å². The number of amides is 1. The van der Waals surface area contributed by atoms with E-state index < -0.39 is 5.97 Å². The fourth-order valence-corrected chi connectivity index (χ4v) is 5.72. The number of nitrogens with zero attached hydrogens (tertiary/aromatic N) is 1. The van der Waals surface area contributed by atoms with Gasteiger partial charge in [0, 0.05) is 29.7 Å². The minimum Gasteiger partial charge on any atom is -0.477 e. The van der Waals surface area contributed by atoms with Gasteiger partial charge in [-0.2, -0.15) is 0 Å². The number of allylic oxidation sites excluding steroid dienone is 2. The standard InChI is InChI=1S/C24H33NO4S/c1-3-8-16(4-2)23(27)25(18-11-13-19(26)14-12-18)20-15-21(30-22(20)24(28)29)17-9-6-5-7-10-17/h9,15-16,18H,3-8,10-14H2,1-2H3,(H,28,29). The van der Waals surface area contributed by atoms with Gasteiger partial charge in [-0.05, 0) is 63.0 Å². The molecule has 1 aromatic heterocycles. The van der Waals surface area contributed by atoms with Crippen LogP contribution in [0.5, 0.6) is 0 Å². The molecule has 0 aliphatic heterocycles. The fourth-order valence-electron chi connectivity index (χ4n) is 4.66. The highest BCUT2D eigenvalue weighted by molar-refractivity contribution is 7.15. The monoisotopic (exact) mass is 431 g/mol. The van der Waals surface area contributed by atoms with Crippen LogP contribution in [-0.4, -0.2) is 28.8 Å². The van der Waals surface area contributed by atoms with Crippen LogP contribution < -0.4 is 4.90 Å². The number of rotatable bonds is 8. The van der Waals surface area contributed by atoms with Crippen LogP contribution in [0.2, 0.25) is 0 Å². The lowest BCUT2D eigenvalue weighted by atomic mass is 9.90. The number of carboxylic acids is 1.